The lowest BCUT2D eigenvalue weighted by Gasteiger charge is -2.14. The molecule has 4 aromatic rings. The molecule has 3 aromatic carbocycles. The Kier molecular flexibility index (Phi) is 5.63. The molecule has 6 nitrogen and oxygen atoms in total. The molecule has 2 amide bonds. The summed E-state index contributed by atoms with van der Waals surface area (Å²) in [5, 5.41) is 5.26. The van der Waals surface area contributed by atoms with Crippen molar-refractivity contribution < 1.29 is 22.8 Å². The van der Waals surface area contributed by atoms with Crippen molar-refractivity contribution in [3.05, 3.63) is 90.3 Å². The molecule has 0 aliphatic heterocycles. The minimum Gasteiger partial charge on any atom is -0.324 e. The van der Waals surface area contributed by atoms with Gasteiger partial charge >= 0.3 is 6.18 Å². The fourth-order valence-corrected chi connectivity index (χ4v) is 3.30. The van der Waals surface area contributed by atoms with Gasteiger partial charge in [0.05, 0.1) is 22.3 Å². The van der Waals surface area contributed by atoms with Crippen LogP contribution in [0.1, 0.15) is 16.2 Å². The van der Waals surface area contributed by atoms with Crippen molar-refractivity contribution in [2.75, 3.05) is 10.6 Å². The zero-order valence-corrected chi connectivity index (χ0v) is 16.6. The Hall–Kier alpha value is -4.14. The summed E-state index contributed by atoms with van der Waals surface area (Å²) < 4.78 is 41.2. The second-order valence-corrected chi connectivity index (χ2v) is 6.92. The highest BCUT2D eigenvalue weighted by Crippen LogP contribution is 2.31. The molecule has 0 saturated carbocycles. The standard InChI is InChI=1S/C23H17F3N4O2/c24-23(25,26)22-29-18-12-6-7-13-19(18)30(22)14-20(31)28-17-11-5-4-10-16(17)21(32)27-15-8-2-1-3-9-15/h1-13H,14H2,(H,27,32)(H,28,31). The van der Waals surface area contributed by atoms with E-state index < -0.39 is 30.4 Å². The summed E-state index contributed by atoms with van der Waals surface area (Å²) in [6.45, 7) is -0.621. The third-order valence-corrected chi connectivity index (χ3v) is 4.69. The zero-order valence-electron chi connectivity index (χ0n) is 16.6. The van der Waals surface area contributed by atoms with Crippen molar-refractivity contribution in [2.45, 2.75) is 12.7 Å². The van der Waals surface area contributed by atoms with Crippen molar-refractivity contribution >= 4 is 34.2 Å². The number of amides is 2. The van der Waals surface area contributed by atoms with Crippen LogP contribution in [0.3, 0.4) is 0 Å². The van der Waals surface area contributed by atoms with E-state index in [2.05, 4.69) is 15.6 Å². The van der Waals surface area contributed by atoms with Gasteiger partial charge in [-0.05, 0) is 36.4 Å². The van der Waals surface area contributed by atoms with Gasteiger partial charge in [-0.15, -0.1) is 0 Å². The largest absolute Gasteiger partial charge is 0.449 e. The number of fused-ring (bicyclic) bond motifs is 1. The van der Waals surface area contributed by atoms with E-state index in [-0.39, 0.29) is 22.3 Å². The number of carbonyl (C=O) groups excluding carboxylic acids is 2. The third-order valence-electron chi connectivity index (χ3n) is 4.69. The molecular weight excluding hydrogens is 421 g/mol. The summed E-state index contributed by atoms with van der Waals surface area (Å²) in [7, 11) is 0. The van der Waals surface area contributed by atoms with Crippen LogP contribution in [0, 0.1) is 0 Å². The first kappa shape index (κ1) is 21.1. The van der Waals surface area contributed by atoms with Crippen LogP contribution < -0.4 is 10.6 Å². The predicted molar refractivity (Wildman–Crippen MR) is 114 cm³/mol. The van der Waals surface area contributed by atoms with Crippen LogP contribution in [-0.2, 0) is 17.5 Å². The molecule has 9 heteroatoms. The maximum atomic E-state index is 13.5. The van der Waals surface area contributed by atoms with E-state index in [0.717, 1.165) is 4.57 Å². The maximum Gasteiger partial charge on any atom is 0.449 e. The lowest BCUT2D eigenvalue weighted by Crippen LogP contribution is -2.24. The molecule has 162 valence electrons. The van der Waals surface area contributed by atoms with Gasteiger partial charge in [0.25, 0.3) is 5.91 Å². The Balaban J connectivity index is 1.58. The normalized spacial score (nSPS) is 11.3. The minimum atomic E-state index is -4.73. The van der Waals surface area contributed by atoms with Gasteiger partial charge in [0.1, 0.15) is 6.54 Å². The van der Waals surface area contributed by atoms with Crippen LogP contribution in [-0.4, -0.2) is 21.4 Å². The second-order valence-electron chi connectivity index (χ2n) is 6.92. The summed E-state index contributed by atoms with van der Waals surface area (Å²) in [6, 6.07) is 21.1. The highest BCUT2D eigenvalue weighted by atomic mass is 19.4. The molecule has 0 aliphatic carbocycles. The van der Waals surface area contributed by atoms with E-state index >= 15 is 0 Å². The van der Waals surface area contributed by atoms with Gasteiger partial charge in [-0.2, -0.15) is 13.2 Å². The fraction of sp³-hybridized carbons (Fsp3) is 0.0870. The number of halogens is 3. The van der Waals surface area contributed by atoms with Crippen LogP contribution in [0.5, 0.6) is 0 Å². The molecule has 0 fully saturated rings. The average Bonchev–Trinajstić information content (AvgIpc) is 3.14. The van der Waals surface area contributed by atoms with Gasteiger partial charge in [-0.25, -0.2) is 4.98 Å². The second kappa shape index (κ2) is 8.54. The Morgan fingerprint density at radius 3 is 2.25 bits per heavy atom. The third kappa shape index (κ3) is 4.46. The summed E-state index contributed by atoms with van der Waals surface area (Å²) >= 11 is 0. The number of hydrogen-bond donors (Lipinski definition) is 2. The number of hydrogen-bond acceptors (Lipinski definition) is 3. The molecule has 0 bridgehead atoms. The fourth-order valence-electron chi connectivity index (χ4n) is 3.30. The first-order valence-electron chi connectivity index (χ1n) is 9.60. The summed E-state index contributed by atoms with van der Waals surface area (Å²) in [4.78, 5) is 29.0. The highest BCUT2D eigenvalue weighted by Gasteiger charge is 2.38. The van der Waals surface area contributed by atoms with Crippen LogP contribution in [0.15, 0.2) is 78.9 Å². The van der Waals surface area contributed by atoms with Gasteiger partial charge in [-0.1, -0.05) is 42.5 Å². The Labute approximate surface area is 180 Å². The van der Waals surface area contributed by atoms with Gasteiger partial charge in [-0.3, -0.25) is 9.59 Å². The van der Waals surface area contributed by atoms with Gasteiger partial charge in [0, 0.05) is 5.69 Å². The molecular formula is C23H17F3N4O2. The van der Waals surface area contributed by atoms with Crippen molar-refractivity contribution in [1.29, 1.82) is 0 Å². The predicted octanol–water partition coefficient (Wildman–Crippen LogP) is 4.95. The van der Waals surface area contributed by atoms with Crippen molar-refractivity contribution in [3.63, 3.8) is 0 Å². The summed E-state index contributed by atoms with van der Waals surface area (Å²) in [5.41, 5.74) is 1.25. The summed E-state index contributed by atoms with van der Waals surface area (Å²) in [5.74, 6) is -2.35. The van der Waals surface area contributed by atoms with E-state index in [1.165, 1.54) is 24.3 Å². The molecule has 0 saturated heterocycles. The Morgan fingerprint density at radius 1 is 0.844 bits per heavy atom. The van der Waals surface area contributed by atoms with Gasteiger partial charge in [0.15, 0.2) is 0 Å². The lowest BCUT2D eigenvalue weighted by atomic mass is 10.1. The molecule has 0 atom stereocenters. The summed E-state index contributed by atoms with van der Waals surface area (Å²) in [6.07, 6.45) is -4.73. The average molecular weight is 438 g/mol. The minimum absolute atomic E-state index is 0.135. The number of aromatic nitrogens is 2. The SMILES string of the molecule is O=C(Cn1c(C(F)(F)F)nc2ccccc21)Nc1ccccc1C(=O)Nc1ccccc1. The smallest absolute Gasteiger partial charge is 0.324 e. The number of rotatable bonds is 5. The number of nitrogens with zero attached hydrogens (tertiary/aromatic N) is 2. The van der Waals surface area contributed by atoms with Gasteiger partial charge < -0.3 is 15.2 Å². The van der Waals surface area contributed by atoms with Crippen LogP contribution in [0.2, 0.25) is 0 Å². The van der Waals surface area contributed by atoms with E-state index in [4.69, 9.17) is 0 Å². The molecule has 32 heavy (non-hydrogen) atoms. The Morgan fingerprint density at radius 2 is 1.50 bits per heavy atom. The monoisotopic (exact) mass is 438 g/mol. The quantitative estimate of drug-likeness (QED) is 0.463. The lowest BCUT2D eigenvalue weighted by molar-refractivity contribution is -0.147. The number of imidazole rings is 1. The molecule has 0 aliphatic rings. The number of alkyl halides is 3. The first-order chi connectivity index (χ1) is 15.3. The number of anilines is 2. The van der Waals surface area contributed by atoms with E-state index in [1.54, 1.807) is 54.6 Å². The van der Waals surface area contributed by atoms with Crippen LogP contribution >= 0.6 is 0 Å². The number of carbonyl (C=O) groups is 2. The molecule has 1 heterocycles. The molecule has 2 N–H and O–H groups in total. The topological polar surface area (TPSA) is 76.0 Å². The highest BCUT2D eigenvalue weighted by molar-refractivity contribution is 6.10. The number of para-hydroxylation sites is 4. The molecule has 1 aromatic heterocycles. The van der Waals surface area contributed by atoms with Crippen LogP contribution in [0.25, 0.3) is 11.0 Å². The molecule has 0 unspecified atom stereocenters. The van der Waals surface area contributed by atoms with E-state index in [9.17, 15) is 22.8 Å². The van der Waals surface area contributed by atoms with Crippen LogP contribution in [0.4, 0.5) is 24.5 Å². The van der Waals surface area contributed by atoms with E-state index in [1.807, 2.05) is 0 Å². The van der Waals surface area contributed by atoms with Crippen molar-refractivity contribution in [3.8, 4) is 0 Å². The number of nitrogens with one attached hydrogen (secondary N) is 2. The maximum absolute atomic E-state index is 13.5. The first-order valence-corrected chi connectivity index (χ1v) is 9.60. The molecule has 4 rings (SSSR count). The zero-order chi connectivity index (χ0) is 22.7. The van der Waals surface area contributed by atoms with Crippen molar-refractivity contribution in [1.82, 2.24) is 9.55 Å². The molecule has 0 radical (unpaired) electrons. The van der Waals surface area contributed by atoms with Crippen molar-refractivity contribution in [2.24, 2.45) is 0 Å². The number of benzene rings is 3. The van der Waals surface area contributed by atoms with E-state index in [0.29, 0.717) is 5.69 Å². The molecule has 0 spiro atoms. The van der Waals surface area contributed by atoms with Gasteiger partial charge in [0.2, 0.25) is 11.7 Å². The Bertz CT molecular complexity index is 1280.